The molecule has 2 unspecified atom stereocenters. The fourth-order valence-corrected chi connectivity index (χ4v) is 1.39. The smallest absolute Gasteiger partial charge is 0.309 e. The monoisotopic (exact) mass is 186 g/mol. The summed E-state index contributed by atoms with van der Waals surface area (Å²) in [5.74, 6) is -1.41. The zero-order chi connectivity index (χ0) is 10.0. The van der Waals surface area contributed by atoms with Crippen molar-refractivity contribution in [3.63, 3.8) is 0 Å². The van der Waals surface area contributed by atoms with Gasteiger partial charge >= 0.3 is 5.97 Å². The summed E-state index contributed by atoms with van der Waals surface area (Å²) in [7, 11) is 1.63. The van der Waals surface area contributed by atoms with Crippen molar-refractivity contribution in [2.24, 2.45) is 5.92 Å². The third-order valence-corrected chi connectivity index (χ3v) is 2.26. The highest BCUT2D eigenvalue weighted by molar-refractivity contribution is 5.82. The summed E-state index contributed by atoms with van der Waals surface area (Å²) < 4.78 is 0. The van der Waals surface area contributed by atoms with Gasteiger partial charge in [-0.25, -0.2) is 0 Å². The van der Waals surface area contributed by atoms with Gasteiger partial charge in [0.15, 0.2) is 0 Å². The Balaban J connectivity index is 2.69. The Morgan fingerprint density at radius 3 is 2.85 bits per heavy atom. The van der Waals surface area contributed by atoms with Crippen LogP contribution in [0.5, 0.6) is 0 Å². The number of nitrogens with one attached hydrogen (secondary N) is 1. The Hall–Kier alpha value is -1.10. The van der Waals surface area contributed by atoms with Crippen LogP contribution in [0.4, 0.5) is 0 Å². The standard InChI is InChI=1S/C8H14N2O3/c1-5-7(11)10(2)4-6(3-9-5)8(12)13/h5-6,9H,3-4H2,1-2H3,(H,12,13). The summed E-state index contributed by atoms with van der Waals surface area (Å²) in [6.45, 7) is 2.38. The molecule has 0 saturated carbocycles. The number of hydrogen-bond donors (Lipinski definition) is 2. The summed E-state index contributed by atoms with van der Waals surface area (Å²) in [5.41, 5.74) is 0. The van der Waals surface area contributed by atoms with Gasteiger partial charge in [0.2, 0.25) is 5.91 Å². The van der Waals surface area contributed by atoms with E-state index in [4.69, 9.17) is 5.11 Å². The lowest BCUT2D eigenvalue weighted by Crippen LogP contribution is -2.39. The molecule has 5 heteroatoms. The Morgan fingerprint density at radius 1 is 1.69 bits per heavy atom. The Kier molecular flexibility index (Phi) is 2.87. The minimum absolute atomic E-state index is 0.0521. The molecule has 13 heavy (non-hydrogen) atoms. The number of hydrogen-bond acceptors (Lipinski definition) is 3. The molecule has 0 aliphatic carbocycles. The van der Waals surface area contributed by atoms with Gasteiger partial charge in [-0.3, -0.25) is 9.59 Å². The van der Waals surface area contributed by atoms with Gasteiger partial charge in [-0.2, -0.15) is 0 Å². The number of carboxylic acids is 1. The summed E-state index contributed by atoms with van der Waals surface area (Å²) in [5, 5.41) is 11.7. The number of likely N-dealkylation sites (N-methyl/N-ethyl adjacent to an activating group) is 1. The van der Waals surface area contributed by atoms with E-state index >= 15 is 0 Å². The van der Waals surface area contributed by atoms with Crippen LogP contribution in [0, 0.1) is 5.92 Å². The molecule has 0 aromatic rings. The van der Waals surface area contributed by atoms with Crippen LogP contribution in [-0.4, -0.2) is 48.1 Å². The number of rotatable bonds is 1. The predicted molar refractivity (Wildman–Crippen MR) is 46.2 cm³/mol. The fraction of sp³-hybridized carbons (Fsp3) is 0.750. The van der Waals surface area contributed by atoms with E-state index in [9.17, 15) is 9.59 Å². The highest BCUT2D eigenvalue weighted by Crippen LogP contribution is 2.05. The lowest BCUT2D eigenvalue weighted by Gasteiger charge is -2.17. The minimum Gasteiger partial charge on any atom is -0.481 e. The van der Waals surface area contributed by atoms with E-state index in [1.165, 1.54) is 4.90 Å². The summed E-state index contributed by atoms with van der Waals surface area (Å²) in [4.78, 5) is 23.5. The van der Waals surface area contributed by atoms with E-state index in [0.717, 1.165) is 0 Å². The van der Waals surface area contributed by atoms with Crippen molar-refractivity contribution in [3.8, 4) is 0 Å². The predicted octanol–water partition coefficient (Wildman–Crippen LogP) is -0.863. The second-order valence-corrected chi connectivity index (χ2v) is 3.38. The third-order valence-electron chi connectivity index (χ3n) is 2.26. The normalized spacial score (nSPS) is 30.0. The molecular weight excluding hydrogens is 172 g/mol. The molecule has 1 aliphatic rings. The van der Waals surface area contributed by atoms with Gasteiger partial charge in [0.1, 0.15) is 0 Å². The Labute approximate surface area is 76.7 Å². The third kappa shape index (κ3) is 2.18. The van der Waals surface area contributed by atoms with Gasteiger partial charge in [-0.15, -0.1) is 0 Å². The summed E-state index contributed by atoms with van der Waals surface area (Å²) >= 11 is 0. The number of amides is 1. The maximum Gasteiger partial charge on any atom is 0.309 e. The number of carbonyl (C=O) groups is 2. The van der Waals surface area contributed by atoms with Gasteiger partial charge in [-0.05, 0) is 6.92 Å². The van der Waals surface area contributed by atoms with Crippen molar-refractivity contribution in [2.45, 2.75) is 13.0 Å². The second kappa shape index (κ2) is 3.74. The molecule has 2 atom stereocenters. The van der Waals surface area contributed by atoms with E-state index in [-0.39, 0.29) is 18.5 Å². The molecule has 5 nitrogen and oxygen atoms in total. The van der Waals surface area contributed by atoms with Gasteiger partial charge in [0.05, 0.1) is 12.0 Å². The first-order chi connectivity index (χ1) is 6.02. The zero-order valence-corrected chi connectivity index (χ0v) is 7.78. The Bertz CT molecular complexity index is 229. The quantitative estimate of drug-likeness (QED) is 0.559. The van der Waals surface area contributed by atoms with Crippen LogP contribution in [0.1, 0.15) is 6.92 Å². The summed E-state index contributed by atoms with van der Waals surface area (Å²) in [6, 6.07) is -0.283. The lowest BCUT2D eigenvalue weighted by atomic mass is 10.1. The first-order valence-electron chi connectivity index (χ1n) is 4.23. The molecule has 1 saturated heterocycles. The van der Waals surface area contributed by atoms with Crippen molar-refractivity contribution in [1.29, 1.82) is 0 Å². The number of nitrogens with zero attached hydrogens (tertiary/aromatic N) is 1. The summed E-state index contributed by atoms with van der Waals surface area (Å²) in [6.07, 6.45) is 0. The minimum atomic E-state index is -0.860. The number of aliphatic carboxylic acids is 1. The number of carbonyl (C=O) groups excluding carboxylic acids is 1. The first kappa shape index (κ1) is 9.98. The molecular formula is C8H14N2O3. The number of carboxylic acid groups (broad SMARTS) is 1. The molecule has 2 N–H and O–H groups in total. The van der Waals surface area contributed by atoms with E-state index in [2.05, 4.69) is 5.32 Å². The van der Waals surface area contributed by atoms with Crippen LogP contribution < -0.4 is 5.32 Å². The first-order valence-corrected chi connectivity index (χ1v) is 4.23. The molecule has 1 amide bonds. The van der Waals surface area contributed by atoms with E-state index in [1.54, 1.807) is 14.0 Å². The molecule has 0 aromatic heterocycles. The average Bonchev–Trinajstić information content (AvgIpc) is 2.19. The molecule has 1 rings (SSSR count). The van der Waals surface area contributed by atoms with E-state index in [0.29, 0.717) is 6.54 Å². The SMILES string of the molecule is CC1NCC(C(=O)O)CN(C)C1=O. The maximum absolute atomic E-state index is 11.4. The van der Waals surface area contributed by atoms with Crippen molar-refractivity contribution < 1.29 is 14.7 Å². The van der Waals surface area contributed by atoms with Crippen LogP contribution in [0.3, 0.4) is 0 Å². The van der Waals surface area contributed by atoms with Gasteiger partial charge < -0.3 is 15.3 Å². The van der Waals surface area contributed by atoms with Crippen LogP contribution in [0.15, 0.2) is 0 Å². The van der Waals surface area contributed by atoms with Crippen LogP contribution in [0.25, 0.3) is 0 Å². The topological polar surface area (TPSA) is 69.6 Å². The van der Waals surface area contributed by atoms with Crippen molar-refractivity contribution >= 4 is 11.9 Å². The molecule has 74 valence electrons. The van der Waals surface area contributed by atoms with Gasteiger partial charge in [0.25, 0.3) is 0 Å². The Morgan fingerprint density at radius 2 is 2.31 bits per heavy atom. The van der Waals surface area contributed by atoms with Crippen molar-refractivity contribution in [2.75, 3.05) is 20.1 Å². The largest absolute Gasteiger partial charge is 0.481 e. The lowest BCUT2D eigenvalue weighted by molar-refractivity contribution is -0.142. The van der Waals surface area contributed by atoms with E-state index < -0.39 is 11.9 Å². The molecule has 0 aromatic carbocycles. The van der Waals surface area contributed by atoms with Crippen LogP contribution in [0.2, 0.25) is 0 Å². The molecule has 0 spiro atoms. The molecule has 0 radical (unpaired) electrons. The maximum atomic E-state index is 11.4. The van der Waals surface area contributed by atoms with Crippen molar-refractivity contribution in [3.05, 3.63) is 0 Å². The second-order valence-electron chi connectivity index (χ2n) is 3.38. The highest BCUT2D eigenvalue weighted by Gasteiger charge is 2.28. The van der Waals surface area contributed by atoms with Crippen LogP contribution in [-0.2, 0) is 9.59 Å². The highest BCUT2D eigenvalue weighted by atomic mass is 16.4. The zero-order valence-electron chi connectivity index (χ0n) is 7.78. The van der Waals surface area contributed by atoms with Crippen LogP contribution >= 0.6 is 0 Å². The molecule has 0 bridgehead atoms. The molecule has 1 fully saturated rings. The van der Waals surface area contributed by atoms with E-state index in [1.807, 2.05) is 0 Å². The van der Waals surface area contributed by atoms with Crippen molar-refractivity contribution in [1.82, 2.24) is 10.2 Å². The fourth-order valence-electron chi connectivity index (χ4n) is 1.39. The van der Waals surface area contributed by atoms with Gasteiger partial charge in [0, 0.05) is 20.1 Å². The van der Waals surface area contributed by atoms with Gasteiger partial charge in [-0.1, -0.05) is 0 Å². The molecule has 1 heterocycles. The molecule has 1 aliphatic heterocycles. The average molecular weight is 186 g/mol.